The molecule has 10 heteroatoms. The van der Waals surface area contributed by atoms with E-state index in [1.807, 2.05) is 12.1 Å². The van der Waals surface area contributed by atoms with E-state index >= 15 is 0 Å². The molecule has 1 saturated heterocycles. The number of rotatable bonds is 6. The molecule has 0 amide bonds. The lowest BCUT2D eigenvalue weighted by molar-refractivity contribution is 0.122. The van der Waals surface area contributed by atoms with Crippen LogP contribution in [-0.4, -0.2) is 63.6 Å². The fourth-order valence-electron chi connectivity index (χ4n) is 4.74. The van der Waals surface area contributed by atoms with Crippen LogP contribution in [0, 0.1) is 0 Å². The first-order valence-electron chi connectivity index (χ1n) is 12.0. The Balaban J connectivity index is 1.10. The number of nitrogens with one attached hydrogen (secondary N) is 1. The van der Waals surface area contributed by atoms with Crippen molar-refractivity contribution in [1.29, 1.82) is 0 Å². The van der Waals surface area contributed by atoms with Crippen molar-refractivity contribution >= 4 is 22.5 Å². The first-order chi connectivity index (χ1) is 17.3. The molecule has 1 N–H and O–H groups in total. The molecule has 180 valence electrons. The lowest BCUT2D eigenvalue weighted by atomic mass is 9.93. The maximum atomic E-state index is 6.53. The summed E-state index contributed by atoms with van der Waals surface area (Å²) in [5.74, 6) is 2.13. The number of fused-ring (bicyclic) bond motifs is 1. The van der Waals surface area contributed by atoms with E-state index in [1.54, 1.807) is 18.6 Å². The van der Waals surface area contributed by atoms with Gasteiger partial charge in [-0.2, -0.15) is 0 Å². The Kier molecular flexibility index (Phi) is 6.10. The second kappa shape index (κ2) is 9.83. The van der Waals surface area contributed by atoms with Crippen LogP contribution in [-0.2, 0) is 4.74 Å². The molecule has 1 aromatic carbocycles. The molecule has 3 aromatic heterocycles. The molecule has 10 nitrogen and oxygen atoms in total. The number of anilines is 2. The summed E-state index contributed by atoms with van der Waals surface area (Å²) in [5, 5.41) is 11.2. The van der Waals surface area contributed by atoms with Gasteiger partial charge in [0, 0.05) is 49.5 Å². The zero-order valence-corrected chi connectivity index (χ0v) is 19.3. The van der Waals surface area contributed by atoms with Gasteiger partial charge in [0.15, 0.2) is 0 Å². The molecule has 35 heavy (non-hydrogen) atoms. The van der Waals surface area contributed by atoms with E-state index in [2.05, 4.69) is 47.5 Å². The Morgan fingerprint density at radius 3 is 2.60 bits per heavy atom. The van der Waals surface area contributed by atoms with Crippen LogP contribution in [0.4, 0.5) is 11.5 Å². The molecule has 6 rings (SSSR count). The van der Waals surface area contributed by atoms with Crippen molar-refractivity contribution < 1.29 is 13.9 Å². The summed E-state index contributed by atoms with van der Waals surface area (Å²) in [6.07, 6.45) is 10.6. The van der Waals surface area contributed by atoms with Crippen LogP contribution in [0.5, 0.6) is 5.75 Å². The van der Waals surface area contributed by atoms with Gasteiger partial charge in [0.05, 0.1) is 30.4 Å². The minimum atomic E-state index is 0.144. The van der Waals surface area contributed by atoms with E-state index in [0.29, 0.717) is 11.9 Å². The van der Waals surface area contributed by atoms with Crippen molar-refractivity contribution in [2.45, 2.75) is 37.8 Å². The molecule has 0 unspecified atom stereocenters. The number of nitrogens with zero attached hydrogens (tertiary/aromatic N) is 6. The summed E-state index contributed by atoms with van der Waals surface area (Å²) in [6.45, 7) is 3.21. The molecule has 0 bridgehead atoms. The van der Waals surface area contributed by atoms with E-state index in [0.717, 1.165) is 85.8 Å². The summed E-state index contributed by atoms with van der Waals surface area (Å²) >= 11 is 0. The van der Waals surface area contributed by atoms with Crippen molar-refractivity contribution in [1.82, 2.24) is 25.1 Å². The van der Waals surface area contributed by atoms with Crippen LogP contribution in [0.1, 0.15) is 25.7 Å². The number of morpholine rings is 1. The first-order valence-corrected chi connectivity index (χ1v) is 12.0. The fraction of sp³-hybridized carbons (Fsp3) is 0.400. The van der Waals surface area contributed by atoms with Crippen molar-refractivity contribution in [2.75, 3.05) is 36.5 Å². The monoisotopic (exact) mass is 473 g/mol. The van der Waals surface area contributed by atoms with Crippen molar-refractivity contribution in [2.24, 2.45) is 0 Å². The quantitative estimate of drug-likeness (QED) is 0.445. The van der Waals surface area contributed by atoms with Gasteiger partial charge < -0.3 is 24.1 Å². The highest BCUT2D eigenvalue weighted by Crippen LogP contribution is 2.33. The summed E-state index contributed by atoms with van der Waals surface area (Å²) in [6, 6.07) is 8.45. The number of hydrogen-bond acceptors (Lipinski definition) is 10. The summed E-state index contributed by atoms with van der Waals surface area (Å²) in [5.41, 5.74) is 3.59. The highest BCUT2D eigenvalue weighted by atomic mass is 16.5. The van der Waals surface area contributed by atoms with Gasteiger partial charge in [0.25, 0.3) is 0 Å². The Bertz CT molecular complexity index is 1250. The molecule has 0 radical (unpaired) electrons. The normalized spacial score (nSPS) is 20.6. The largest absolute Gasteiger partial charge is 0.488 e. The van der Waals surface area contributed by atoms with Crippen molar-refractivity contribution in [3.05, 3.63) is 49.2 Å². The SMILES string of the molecule is c1cnc2c(O[C@H]3CC[C@@H](Nc4ccc(-c5nnco5)cn4)CC3)cc(N3CCOCC3)cc2n1. The molecular weight excluding hydrogens is 446 g/mol. The third-order valence-electron chi connectivity index (χ3n) is 6.59. The predicted octanol–water partition coefficient (Wildman–Crippen LogP) is 3.71. The summed E-state index contributed by atoms with van der Waals surface area (Å²) in [4.78, 5) is 15.9. The minimum absolute atomic E-state index is 0.144. The molecule has 1 aliphatic heterocycles. The molecule has 1 aliphatic carbocycles. The second-order valence-electron chi connectivity index (χ2n) is 8.88. The average Bonchev–Trinajstić information content (AvgIpc) is 3.46. The van der Waals surface area contributed by atoms with Crippen molar-refractivity contribution in [3.63, 3.8) is 0 Å². The standard InChI is InChI=1S/C25H27N7O3/c1-6-23(28-15-17(1)25-31-29-16-34-25)30-18-2-4-20(5-3-18)35-22-14-19(32-9-11-33-12-10-32)13-21-24(22)27-8-7-26-21/h1,6-8,13-16,18,20H,2-5,9-12H2,(H,28,30)/t18-,20+. The maximum Gasteiger partial charge on any atom is 0.248 e. The maximum absolute atomic E-state index is 6.53. The lowest BCUT2D eigenvalue weighted by Crippen LogP contribution is -2.36. The second-order valence-corrected chi connectivity index (χ2v) is 8.88. The van der Waals surface area contributed by atoms with E-state index in [4.69, 9.17) is 13.9 Å². The number of pyridine rings is 1. The van der Waals surface area contributed by atoms with Crippen LogP contribution in [0.2, 0.25) is 0 Å². The van der Waals surface area contributed by atoms with Gasteiger partial charge in [0.1, 0.15) is 17.1 Å². The summed E-state index contributed by atoms with van der Waals surface area (Å²) in [7, 11) is 0. The Morgan fingerprint density at radius 2 is 1.83 bits per heavy atom. The van der Waals surface area contributed by atoms with Gasteiger partial charge in [-0.05, 0) is 43.9 Å². The highest BCUT2D eigenvalue weighted by Gasteiger charge is 2.24. The molecule has 4 aromatic rings. The van der Waals surface area contributed by atoms with Crippen LogP contribution >= 0.6 is 0 Å². The molecule has 2 aliphatic rings. The zero-order chi connectivity index (χ0) is 23.5. The Labute approximate surface area is 202 Å². The molecule has 1 saturated carbocycles. The third kappa shape index (κ3) is 4.88. The third-order valence-corrected chi connectivity index (χ3v) is 6.59. The van der Waals surface area contributed by atoms with Gasteiger partial charge in [-0.15, -0.1) is 10.2 Å². The van der Waals surface area contributed by atoms with E-state index in [-0.39, 0.29) is 6.10 Å². The van der Waals surface area contributed by atoms with Gasteiger partial charge in [-0.1, -0.05) is 0 Å². The smallest absolute Gasteiger partial charge is 0.248 e. The van der Waals surface area contributed by atoms with E-state index < -0.39 is 0 Å². The Morgan fingerprint density at radius 1 is 0.971 bits per heavy atom. The molecule has 4 heterocycles. The lowest BCUT2D eigenvalue weighted by Gasteiger charge is -2.31. The van der Waals surface area contributed by atoms with Gasteiger partial charge in [-0.25, -0.2) is 9.97 Å². The van der Waals surface area contributed by atoms with Crippen LogP contribution < -0.4 is 15.0 Å². The number of hydrogen-bond donors (Lipinski definition) is 1. The first kappa shape index (κ1) is 21.7. The number of ether oxygens (including phenoxy) is 2. The summed E-state index contributed by atoms with van der Waals surface area (Å²) < 4.78 is 17.3. The topological polar surface area (TPSA) is 111 Å². The van der Waals surface area contributed by atoms with Gasteiger partial charge in [-0.3, -0.25) is 4.98 Å². The molecule has 0 spiro atoms. The van der Waals surface area contributed by atoms with Gasteiger partial charge in [0.2, 0.25) is 12.3 Å². The minimum Gasteiger partial charge on any atom is -0.488 e. The number of benzene rings is 1. The molecule has 2 fully saturated rings. The fourth-order valence-corrected chi connectivity index (χ4v) is 4.74. The van der Waals surface area contributed by atoms with Gasteiger partial charge >= 0.3 is 0 Å². The zero-order valence-electron chi connectivity index (χ0n) is 19.3. The van der Waals surface area contributed by atoms with Crippen molar-refractivity contribution in [3.8, 4) is 17.2 Å². The number of aromatic nitrogens is 5. The average molecular weight is 474 g/mol. The Hall–Kier alpha value is -3.79. The molecule has 0 atom stereocenters. The van der Waals surface area contributed by atoms with E-state index in [1.165, 1.54) is 6.39 Å². The van der Waals surface area contributed by atoms with Crippen LogP contribution in [0.3, 0.4) is 0 Å². The van der Waals surface area contributed by atoms with Crippen LogP contribution in [0.15, 0.2) is 53.7 Å². The van der Waals surface area contributed by atoms with E-state index in [9.17, 15) is 0 Å². The predicted molar refractivity (Wildman–Crippen MR) is 130 cm³/mol. The highest BCUT2D eigenvalue weighted by molar-refractivity contribution is 5.85. The molecular formula is C25H27N7O3. The van der Waals surface area contributed by atoms with Crippen LogP contribution in [0.25, 0.3) is 22.5 Å².